The van der Waals surface area contributed by atoms with E-state index < -0.39 is 12.0 Å². The average molecular weight is 369 g/mol. The van der Waals surface area contributed by atoms with Gasteiger partial charge in [-0.2, -0.15) is 0 Å². The zero-order valence-electron chi connectivity index (χ0n) is 13.2. The number of hydrogen-bond acceptors (Lipinski definition) is 4. The van der Waals surface area contributed by atoms with E-state index in [0.29, 0.717) is 36.1 Å². The summed E-state index contributed by atoms with van der Waals surface area (Å²) in [6.07, 6.45) is 1.47. The highest BCUT2D eigenvalue weighted by Gasteiger charge is 2.32. The van der Waals surface area contributed by atoms with Crippen molar-refractivity contribution in [2.75, 3.05) is 6.54 Å². The SMILES string of the molecule is Cc1nnc2n1CC(C(=O)O)N(CCCc1c(Cl)cccc1Cl)C2. The molecule has 2 aromatic rings. The third kappa shape index (κ3) is 3.41. The van der Waals surface area contributed by atoms with Crippen LogP contribution in [0.4, 0.5) is 0 Å². The van der Waals surface area contributed by atoms with Gasteiger partial charge in [-0.3, -0.25) is 9.69 Å². The average Bonchev–Trinajstić information content (AvgIpc) is 2.90. The second kappa shape index (κ2) is 7.09. The Kier molecular flexibility index (Phi) is 5.08. The van der Waals surface area contributed by atoms with Crippen LogP contribution in [0.25, 0.3) is 0 Å². The summed E-state index contributed by atoms with van der Waals surface area (Å²) in [5.74, 6) is 0.726. The van der Waals surface area contributed by atoms with Crippen LogP contribution in [0.2, 0.25) is 10.0 Å². The molecule has 1 aliphatic heterocycles. The molecule has 8 heteroatoms. The predicted molar refractivity (Wildman–Crippen MR) is 91.4 cm³/mol. The predicted octanol–water partition coefficient (Wildman–Crippen LogP) is 2.79. The van der Waals surface area contributed by atoms with Crippen LogP contribution in [-0.4, -0.2) is 43.3 Å². The minimum absolute atomic E-state index is 0.371. The van der Waals surface area contributed by atoms with Crippen LogP contribution in [0.15, 0.2) is 18.2 Å². The molecule has 1 N–H and O–H groups in total. The van der Waals surface area contributed by atoms with Crippen LogP contribution in [0.3, 0.4) is 0 Å². The Bertz CT molecular complexity index is 742. The van der Waals surface area contributed by atoms with Crippen molar-refractivity contribution in [1.82, 2.24) is 19.7 Å². The Labute approximate surface area is 150 Å². The lowest BCUT2D eigenvalue weighted by molar-refractivity contribution is -0.145. The molecule has 1 aromatic carbocycles. The standard InChI is InChI=1S/C16H18Cl2N4O2/c1-10-19-20-15-9-21(14(16(23)24)8-22(10)15)7-3-4-11-12(17)5-2-6-13(11)18/h2,5-6,14H,3-4,7-9H2,1H3,(H,23,24). The maximum absolute atomic E-state index is 11.6. The lowest BCUT2D eigenvalue weighted by atomic mass is 10.1. The maximum Gasteiger partial charge on any atom is 0.322 e. The highest BCUT2D eigenvalue weighted by Crippen LogP contribution is 2.26. The van der Waals surface area contributed by atoms with Crippen LogP contribution in [0.1, 0.15) is 23.6 Å². The van der Waals surface area contributed by atoms with E-state index >= 15 is 0 Å². The van der Waals surface area contributed by atoms with Crippen LogP contribution in [0.5, 0.6) is 0 Å². The van der Waals surface area contributed by atoms with E-state index in [1.54, 1.807) is 0 Å². The van der Waals surface area contributed by atoms with Crippen molar-refractivity contribution in [1.29, 1.82) is 0 Å². The quantitative estimate of drug-likeness (QED) is 0.878. The first-order valence-electron chi connectivity index (χ1n) is 7.76. The summed E-state index contributed by atoms with van der Waals surface area (Å²) in [4.78, 5) is 13.5. The summed E-state index contributed by atoms with van der Waals surface area (Å²) < 4.78 is 1.88. The Morgan fingerprint density at radius 2 is 2.04 bits per heavy atom. The van der Waals surface area contributed by atoms with Gasteiger partial charge in [-0.15, -0.1) is 10.2 Å². The monoisotopic (exact) mass is 368 g/mol. The van der Waals surface area contributed by atoms with Crippen molar-refractivity contribution < 1.29 is 9.90 Å². The van der Waals surface area contributed by atoms with Crippen molar-refractivity contribution in [3.8, 4) is 0 Å². The number of carboxylic acid groups (broad SMARTS) is 1. The number of benzene rings is 1. The molecule has 0 fully saturated rings. The van der Waals surface area contributed by atoms with Gasteiger partial charge in [0.25, 0.3) is 0 Å². The molecule has 0 radical (unpaired) electrons. The Morgan fingerprint density at radius 1 is 1.33 bits per heavy atom. The van der Waals surface area contributed by atoms with E-state index in [9.17, 15) is 9.90 Å². The zero-order valence-corrected chi connectivity index (χ0v) is 14.8. The molecule has 0 aliphatic carbocycles. The number of aromatic nitrogens is 3. The number of aliphatic carboxylic acids is 1. The van der Waals surface area contributed by atoms with Crippen LogP contribution < -0.4 is 0 Å². The summed E-state index contributed by atoms with van der Waals surface area (Å²) in [7, 11) is 0. The number of aryl methyl sites for hydroxylation is 1. The van der Waals surface area contributed by atoms with Gasteiger partial charge in [-0.1, -0.05) is 29.3 Å². The molecule has 1 atom stereocenters. The van der Waals surface area contributed by atoms with Gasteiger partial charge < -0.3 is 9.67 Å². The van der Waals surface area contributed by atoms with E-state index in [2.05, 4.69) is 10.2 Å². The summed E-state index contributed by atoms with van der Waals surface area (Å²) in [5.41, 5.74) is 0.906. The Morgan fingerprint density at radius 3 is 2.71 bits per heavy atom. The first-order chi connectivity index (χ1) is 11.5. The number of nitrogens with zero attached hydrogens (tertiary/aromatic N) is 4. The smallest absolute Gasteiger partial charge is 0.322 e. The molecule has 128 valence electrons. The second-order valence-electron chi connectivity index (χ2n) is 5.90. The Hall–Kier alpha value is -1.63. The molecule has 0 bridgehead atoms. The normalized spacial score (nSPS) is 17.7. The van der Waals surface area contributed by atoms with Gasteiger partial charge in [-0.05, 0) is 44.0 Å². The topological polar surface area (TPSA) is 71.2 Å². The minimum Gasteiger partial charge on any atom is -0.480 e. The van der Waals surface area contributed by atoms with Crippen molar-refractivity contribution in [2.24, 2.45) is 0 Å². The number of rotatable bonds is 5. The number of carboxylic acids is 1. The highest BCUT2D eigenvalue weighted by molar-refractivity contribution is 6.35. The molecular weight excluding hydrogens is 351 g/mol. The molecule has 0 spiro atoms. The van der Waals surface area contributed by atoms with Gasteiger partial charge in [0.15, 0.2) is 0 Å². The third-order valence-corrected chi connectivity index (χ3v) is 5.08. The van der Waals surface area contributed by atoms with Crippen molar-refractivity contribution in [3.05, 3.63) is 45.5 Å². The summed E-state index contributed by atoms with van der Waals surface area (Å²) in [6, 6.07) is 4.87. The second-order valence-corrected chi connectivity index (χ2v) is 6.72. The lowest BCUT2D eigenvalue weighted by Crippen LogP contribution is -2.48. The number of fused-ring (bicyclic) bond motifs is 1. The molecule has 6 nitrogen and oxygen atoms in total. The van der Waals surface area contributed by atoms with Crippen LogP contribution in [-0.2, 0) is 24.3 Å². The van der Waals surface area contributed by atoms with E-state index in [-0.39, 0.29) is 0 Å². The zero-order chi connectivity index (χ0) is 17.3. The third-order valence-electron chi connectivity index (χ3n) is 4.37. The molecular formula is C16H18Cl2N4O2. The maximum atomic E-state index is 11.6. The van der Waals surface area contributed by atoms with Gasteiger partial charge in [0, 0.05) is 10.0 Å². The van der Waals surface area contributed by atoms with Crippen molar-refractivity contribution in [2.45, 2.75) is 38.9 Å². The minimum atomic E-state index is -0.829. The van der Waals surface area contributed by atoms with Crippen LogP contribution >= 0.6 is 23.2 Å². The molecule has 0 saturated heterocycles. The van der Waals surface area contributed by atoms with Gasteiger partial charge >= 0.3 is 5.97 Å². The molecule has 1 aliphatic rings. The van der Waals surface area contributed by atoms with Gasteiger partial charge in [-0.25, -0.2) is 0 Å². The summed E-state index contributed by atoms with van der Waals surface area (Å²) in [5, 5.41) is 19.0. The van der Waals surface area contributed by atoms with Crippen molar-refractivity contribution in [3.63, 3.8) is 0 Å². The van der Waals surface area contributed by atoms with Gasteiger partial charge in [0.2, 0.25) is 0 Å². The van der Waals surface area contributed by atoms with E-state index in [1.165, 1.54) is 0 Å². The highest BCUT2D eigenvalue weighted by atomic mass is 35.5. The molecule has 1 unspecified atom stereocenters. The molecule has 3 rings (SSSR count). The van der Waals surface area contributed by atoms with E-state index in [1.807, 2.05) is 34.6 Å². The summed E-state index contributed by atoms with van der Waals surface area (Å²) >= 11 is 12.4. The molecule has 24 heavy (non-hydrogen) atoms. The fourth-order valence-corrected chi connectivity index (χ4v) is 3.65. The number of halogens is 2. The van der Waals surface area contributed by atoms with Gasteiger partial charge in [0.05, 0.1) is 13.1 Å². The molecule has 0 amide bonds. The van der Waals surface area contributed by atoms with Crippen LogP contribution in [0, 0.1) is 6.92 Å². The lowest BCUT2D eigenvalue weighted by Gasteiger charge is -2.33. The van der Waals surface area contributed by atoms with Gasteiger partial charge in [0.1, 0.15) is 17.7 Å². The first kappa shape index (κ1) is 17.2. The number of carbonyl (C=O) groups is 1. The molecule has 2 heterocycles. The first-order valence-corrected chi connectivity index (χ1v) is 8.51. The summed E-state index contributed by atoms with van der Waals surface area (Å²) in [6.45, 7) is 3.32. The fourth-order valence-electron chi connectivity index (χ4n) is 3.06. The van der Waals surface area contributed by atoms with E-state index in [4.69, 9.17) is 23.2 Å². The molecule has 1 aromatic heterocycles. The Balaban J connectivity index is 1.68. The van der Waals surface area contributed by atoms with E-state index in [0.717, 1.165) is 23.6 Å². The molecule has 0 saturated carbocycles. The fraction of sp³-hybridized carbons (Fsp3) is 0.438. The number of hydrogen-bond donors (Lipinski definition) is 1. The van der Waals surface area contributed by atoms with Crippen molar-refractivity contribution >= 4 is 29.2 Å². The largest absolute Gasteiger partial charge is 0.480 e.